The molecule has 0 aliphatic carbocycles. The number of thiazole rings is 1. The van der Waals surface area contributed by atoms with Crippen LogP contribution < -0.4 is 4.90 Å². The molecule has 1 amide bonds. The number of halogens is 1. The predicted molar refractivity (Wildman–Crippen MR) is 117 cm³/mol. The smallest absolute Gasteiger partial charge is 0.269 e. The fourth-order valence-corrected chi connectivity index (χ4v) is 3.88. The summed E-state index contributed by atoms with van der Waals surface area (Å²) in [6.45, 7) is 0.207. The Morgan fingerprint density at radius 3 is 2.65 bits per heavy atom. The summed E-state index contributed by atoms with van der Waals surface area (Å²) in [5.74, 6) is -0.808. The average Bonchev–Trinajstić information content (AvgIpc) is 3.22. The van der Waals surface area contributed by atoms with Crippen molar-refractivity contribution in [1.29, 1.82) is 0 Å². The van der Waals surface area contributed by atoms with Gasteiger partial charge >= 0.3 is 0 Å². The number of aromatic nitrogens is 2. The van der Waals surface area contributed by atoms with Gasteiger partial charge in [-0.05, 0) is 47.5 Å². The van der Waals surface area contributed by atoms with E-state index in [4.69, 9.17) is 0 Å². The minimum atomic E-state index is -0.486. The fourth-order valence-electron chi connectivity index (χ4n) is 2.90. The van der Waals surface area contributed by atoms with Crippen molar-refractivity contribution in [2.75, 3.05) is 4.90 Å². The second-order valence-electron chi connectivity index (χ2n) is 6.55. The molecule has 0 saturated heterocycles. The molecule has 2 aromatic heterocycles. The van der Waals surface area contributed by atoms with E-state index in [0.717, 1.165) is 5.56 Å². The number of rotatable bonds is 6. The van der Waals surface area contributed by atoms with Crippen LogP contribution in [0.15, 0.2) is 73.1 Å². The van der Waals surface area contributed by atoms with Crippen LogP contribution in [0.25, 0.3) is 16.3 Å². The van der Waals surface area contributed by atoms with Gasteiger partial charge in [-0.2, -0.15) is 0 Å². The number of para-hydroxylation sites is 1. The lowest BCUT2D eigenvalue weighted by Crippen LogP contribution is -2.28. The van der Waals surface area contributed by atoms with E-state index in [2.05, 4.69) is 9.97 Å². The van der Waals surface area contributed by atoms with Crippen LogP contribution in [0.1, 0.15) is 11.1 Å². The van der Waals surface area contributed by atoms with Crippen molar-refractivity contribution < 1.29 is 14.1 Å². The maximum atomic E-state index is 14.1. The molecule has 0 spiro atoms. The van der Waals surface area contributed by atoms with Gasteiger partial charge in [0.2, 0.25) is 0 Å². The van der Waals surface area contributed by atoms with Crippen LogP contribution >= 0.6 is 11.3 Å². The largest absolute Gasteiger partial charge is 0.280 e. The Bertz CT molecular complexity index is 1270. The Morgan fingerprint density at radius 1 is 1.16 bits per heavy atom. The molecule has 0 radical (unpaired) electrons. The summed E-state index contributed by atoms with van der Waals surface area (Å²) >= 11 is 1.22. The monoisotopic (exact) mass is 434 g/mol. The van der Waals surface area contributed by atoms with Gasteiger partial charge in [0.1, 0.15) is 11.3 Å². The zero-order valence-electron chi connectivity index (χ0n) is 16.0. The van der Waals surface area contributed by atoms with Gasteiger partial charge in [0.15, 0.2) is 5.13 Å². The Morgan fingerprint density at radius 2 is 1.97 bits per heavy atom. The molecule has 0 unspecified atom stereocenters. The van der Waals surface area contributed by atoms with Gasteiger partial charge in [0.25, 0.3) is 11.6 Å². The number of amides is 1. The number of nitrogens with zero attached hydrogens (tertiary/aromatic N) is 4. The Balaban J connectivity index is 1.65. The van der Waals surface area contributed by atoms with Crippen molar-refractivity contribution in [3.05, 3.63) is 100 Å². The molecule has 2 heterocycles. The van der Waals surface area contributed by atoms with Gasteiger partial charge < -0.3 is 0 Å². The van der Waals surface area contributed by atoms with Crippen LogP contribution in [-0.2, 0) is 11.3 Å². The van der Waals surface area contributed by atoms with Gasteiger partial charge in [-0.25, -0.2) is 9.37 Å². The third-order valence-electron chi connectivity index (χ3n) is 4.44. The zero-order valence-corrected chi connectivity index (χ0v) is 16.8. The Kier molecular flexibility index (Phi) is 5.76. The molecule has 154 valence electrons. The minimum absolute atomic E-state index is 0.0295. The molecular weight excluding hydrogens is 419 g/mol. The molecule has 4 rings (SSSR count). The average molecular weight is 434 g/mol. The highest BCUT2D eigenvalue weighted by molar-refractivity contribution is 7.22. The van der Waals surface area contributed by atoms with Gasteiger partial charge in [-0.3, -0.25) is 24.8 Å². The first-order valence-electron chi connectivity index (χ1n) is 9.19. The number of nitro benzene ring substituents is 1. The molecule has 2 aromatic carbocycles. The van der Waals surface area contributed by atoms with Crippen LogP contribution in [0, 0.1) is 15.9 Å². The third kappa shape index (κ3) is 4.62. The van der Waals surface area contributed by atoms with E-state index < -0.39 is 10.7 Å². The highest BCUT2D eigenvalue weighted by Crippen LogP contribution is 2.31. The van der Waals surface area contributed by atoms with Crippen LogP contribution in [-0.4, -0.2) is 20.8 Å². The van der Waals surface area contributed by atoms with Crippen molar-refractivity contribution in [2.24, 2.45) is 0 Å². The lowest BCUT2D eigenvalue weighted by Gasteiger charge is -2.18. The number of pyridine rings is 1. The van der Waals surface area contributed by atoms with E-state index in [-0.39, 0.29) is 23.7 Å². The molecule has 0 aliphatic heterocycles. The van der Waals surface area contributed by atoms with Crippen LogP contribution in [0.3, 0.4) is 0 Å². The maximum absolute atomic E-state index is 14.1. The van der Waals surface area contributed by atoms with E-state index in [1.165, 1.54) is 40.5 Å². The van der Waals surface area contributed by atoms with E-state index in [9.17, 15) is 19.3 Å². The molecule has 0 bridgehead atoms. The van der Waals surface area contributed by atoms with Crippen molar-refractivity contribution >= 4 is 44.4 Å². The SMILES string of the molecule is O=C(C=Cc1ccc([N+](=O)[O-])cc1)N(Cc1cccnc1)c1nc2c(F)cccc2s1. The highest BCUT2D eigenvalue weighted by Gasteiger charge is 2.19. The summed E-state index contributed by atoms with van der Waals surface area (Å²) in [4.78, 5) is 33.2. The minimum Gasteiger partial charge on any atom is -0.280 e. The first kappa shape index (κ1) is 20.3. The Hall–Kier alpha value is -3.98. The van der Waals surface area contributed by atoms with Crippen molar-refractivity contribution in [3.8, 4) is 0 Å². The van der Waals surface area contributed by atoms with Crippen molar-refractivity contribution in [1.82, 2.24) is 9.97 Å². The van der Waals surface area contributed by atoms with Crippen molar-refractivity contribution in [3.63, 3.8) is 0 Å². The van der Waals surface area contributed by atoms with Gasteiger partial charge in [-0.15, -0.1) is 0 Å². The number of carbonyl (C=O) groups is 1. The lowest BCUT2D eigenvalue weighted by molar-refractivity contribution is -0.384. The molecule has 31 heavy (non-hydrogen) atoms. The number of non-ortho nitro benzene ring substituents is 1. The number of fused-ring (bicyclic) bond motifs is 1. The molecule has 0 atom stereocenters. The number of hydrogen-bond acceptors (Lipinski definition) is 6. The van der Waals surface area contributed by atoms with E-state index in [0.29, 0.717) is 15.4 Å². The molecule has 7 nitrogen and oxygen atoms in total. The number of carbonyl (C=O) groups excluding carboxylic acids is 1. The molecular formula is C22H15FN4O3S. The van der Waals surface area contributed by atoms with E-state index in [1.54, 1.807) is 48.8 Å². The van der Waals surface area contributed by atoms with Gasteiger partial charge in [0.05, 0.1) is 16.2 Å². The molecule has 9 heteroatoms. The summed E-state index contributed by atoms with van der Waals surface area (Å²) < 4.78 is 14.8. The summed E-state index contributed by atoms with van der Waals surface area (Å²) in [7, 11) is 0. The van der Waals surface area contributed by atoms with Crippen LogP contribution in [0.4, 0.5) is 15.2 Å². The molecule has 4 aromatic rings. The second-order valence-corrected chi connectivity index (χ2v) is 7.56. The van der Waals surface area contributed by atoms with Crippen LogP contribution in [0.2, 0.25) is 0 Å². The maximum Gasteiger partial charge on any atom is 0.269 e. The highest BCUT2D eigenvalue weighted by atomic mass is 32.1. The summed E-state index contributed by atoms with van der Waals surface area (Å²) in [6, 6.07) is 14.1. The number of hydrogen-bond donors (Lipinski definition) is 0. The van der Waals surface area contributed by atoms with E-state index >= 15 is 0 Å². The normalized spacial score (nSPS) is 11.1. The second kappa shape index (κ2) is 8.80. The standard InChI is InChI=1S/C22H15FN4O3S/c23-18-4-1-5-19-21(18)25-22(31-19)26(14-16-3-2-12-24-13-16)20(28)11-8-15-6-9-17(10-7-15)27(29)30/h1-13H,14H2. The molecule has 0 aliphatic rings. The van der Waals surface area contributed by atoms with Gasteiger partial charge in [0, 0.05) is 30.6 Å². The molecule has 0 saturated carbocycles. The quantitative estimate of drug-likeness (QED) is 0.242. The zero-order chi connectivity index (χ0) is 21.8. The molecule has 0 fully saturated rings. The van der Waals surface area contributed by atoms with E-state index in [1.807, 2.05) is 6.07 Å². The number of nitro groups is 1. The lowest BCUT2D eigenvalue weighted by atomic mass is 10.2. The van der Waals surface area contributed by atoms with Crippen LogP contribution in [0.5, 0.6) is 0 Å². The fraction of sp³-hybridized carbons (Fsp3) is 0.0455. The predicted octanol–water partition coefficient (Wildman–Crippen LogP) is 4.99. The van der Waals surface area contributed by atoms with Gasteiger partial charge in [-0.1, -0.05) is 23.5 Å². The van der Waals surface area contributed by atoms with Crippen molar-refractivity contribution in [2.45, 2.75) is 6.54 Å². The summed E-state index contributed by atoms with van der Waals surface area (Å²) in [5, 5.41) is 11.1. The molecule has 0 N–H and O–H groups in total. The topological polar surface area (TPSA) is 89.2 Å². The first-order valence-corrected chi connectivity index (χ1v) is 10.0. The Labute approximate surface area is 180 Å². The number of benzene rings is 2. The number of anilines is 1. The first-order chi connectivity index (χ1) is 15.0. The summed E-state index contributed by atoms with van der Waals surface area (Å²) in [6.07, 6.45) is 6.21. The summed E-state index contributed by atoms with van der Waals surface area (Å²) in [5.41, 5.74) is 1.61. The third-order valence-corrected chi connectivity index (χ3v) is 5.48.